The summed E-state index contributed by atoms with van der Waals surface area (Å²) < 4.78 is 19.1. The lowest BCUT2D eigenvalue weighted by atomic mass is 10.0. The van der Waals surface area contributed by atoms with Gasteiger partial charge in [-0.25, -0.2) is 4.39 Å². The van der Waals surface area contributed by atoms with Gasteiger partial charge in [-0.05, 0) is 68.1 Å². The minimum Gasteiger partial charge on any atom is -0.469 e. The predicted molar refractivity (Wildman–Crippen MR) is 121 cm³/mol. The first-order chi connectivity index (χ1) is 15.4. The highest BCUT2D eigenvalue weighted by molar-refractivity contribution is 6.10. The van der Waals surface area contributed by atoms with E-state index in [-0.39, 0.29) is 17.9 Å². The van der Waals surface area contributed by atoms with Gasteiger partial charge in [0.2, 0.25) is 5.91 Å². The van der Waals surface area contributed by atoms with Gasteiger partial charge >= 0.3 is 0 Å². The summed E-state index contributed by atoms with van der Waals surface area (Å²) in [6, 6.07) is 13.9. The Bertz CT molecular complexity index is 1100. The first-order valence-electron chi connectivity index (χ1n) is 10.9. The Morgan fingerprint density at radius 2 is 1.78 bits per heavy atom. The van der Waals surface area contributed by atoms with Crippen LogP contribution in [-0.4, -0.2) is 17.9 Å². The maximum atomic E-state index is 13.8. The fraction of sp³-hybridized carbons (Fsp3) is 0.308. The van der Waals surface area contributed by atoms with Gasteiger partial charge in [-0.3, -0.25) is 14.5 Å². The third-order valence-electron chi connectivity index (χ3n) is 5.98. The fourth-order valence-electron chi connectivity index (χ4n) is 4.31. The van der Waals surface area contributed by atoms with E-state index in [9.17, 15) is 14.0 Å². The van der Waals surface area contributed by atoms with Crippen LogP contribution in [0.3, 0.4) is 0 Å². The number of anilines is 1. The molecule has 0 unspecified atom stereocenters. The van der Waals surface area contributed by atoms with Crippen molar-refractivity contribution >= 4 is 17.5 Å². The molecule has 1 aliphatic carbocycles. The molecule has 6 heteroatoms. The molecule has 0 bridgehead atoms. The number of carbonyl (C=O) groups excluding carboxylic acids is 2. The number of aryl methyl sites for hydroxylation is 2. The summed E-state index contributed by atoms with van der Waals surface area (Å²) in [6.07, 6.45) is 5.44. The molecule has 0 aliphatic heterocycles. The van der Waals surface area contributed by atoms with Crippen molar-refractivity contribution in [3.8, 4) is 0 Å². The molecule has 166 valence electrons. The highest BCUT2D eigenvalue weighted by atomic mass is 19.1. The molecule has 1 N–H and O–H groups in total. The Hall–Kier alpha value is -3.41. The molecule has 0 radical (unpaired) electrons. The van der Waals surface area contributed by atoms with E-state index in [0.717, 1.165) is 31.2 Å². The summed E-state index contributed by atoms with van der Waals surface area (Å²) in [5.41, 5.74) is 2.47. The van der Waals surface area contributed by atoms with Gasteiger partial charge in [-0.1, -0.05) is 37.1 Å². The van der Waals surface area contributed by atoms with E-state index >= 15 is 0 Å². The molecule has 0 saturated heterocycles. The lowest BCUT2D eigenvalue weighted by Crippen LogP contribution is -2.46. The Balaban J connectivity index is 1.83. The van der Waals surface area contributed by atoms with E-state index in [4.69, 9.17) is 4.42 Å². The molecule has 1 aromatic heterocycles. The molecule has 1 aliphatic rings. The minimum atomic E-state index is -0.959. The molecule has 3 aromatic rings. The molecular weight excluding hydrogens is 407 g/mol. The lowest BCUT2D eigenvalue weighted by Gasteiger charge is -2.32. The second-order valence-electron chi connectivity index (χ2n) is 8.35. The number of benzene rings is 2. The first-order valence-corrected chi connectivity index (χ1v) is 10.9. The van der Waals surface area contributed by atoms with Crippen molar-refractivity contribution in [2.45, 2.75) is 51.6 Å². The topological polar surface area (TPSA) is 62.6 Å². The average Bonchev–Trinajstić information content (AvgIpc) is 3.44. The number of hydrogen-bond acceptors (Lipinski definition) is 3. The summed E-state index contributed by atoms with van der Waals surface area (Å²) in [5.74, 6) is -0.554. The molecule has 32 heavy (non-hydrogen) atoms. The minimum absolute atomic E-state index is 0.0792. The summed E-state index contributed by atoms with van der Waals surface area (Å²) in [4.78, 5) is 28.9. The predicted octanol–water partition coefficient (Wildman–Crippen LogP) is 5.48. The standard InChI is InChI=1S/C26H27FN2O3/c1-17-6-5-9-22(16-17)29(26(31)23-14-15-32-18(23)2)24(19-10-12-20(27)13-11-19)25(30)28-21-7-3-4-8-21/h5-6,9-16,21,24H,3-4,7-8H2,1-2H3,(H,28,30)/t24-/m1/s1. The molecule has 2 amide bonds. The van der Waals surface area contributed by atoms with Crippen molar-refractivity contribution in [3.63, 3.8) is 0 Å². The van der Waals surface area contributed by atoms with E-state index in [1.54, 1.807) is 31.2 Å². The van der Waals surface area contributed by atoms with Crippen molar-refractivity contribution in [2.24, 2.45) is 0 Å². The number of furan rings is 1. The Kier molecular flexibility index (Phi) is 6.40. The summed E-state index contributed by atoms with van der Waals surface area (Å²) in [5, 5.41) is 3.12. The Morgan fingerprint density at radius 3 is 2.41 bits per heavy atom. The van der Waals surface area contributed by atoms with Crippen molar-refractivity contribution in [1.82, 2.24) is 5.32 Å². The first kappa shape index (κ1) is 21.8. The van der Waals surface area contributed by atoms with Crippen LogP contribution in [0.2, 0.25) is 0 Å². The maximum Gasteiger partial charge on any atom is 0.262 e. The van der Waals surface area contributed by atoms with Gasteiger partial charge in [0.15, 0.2) is 0 Å². The summed E-state index contributed by atoms with van der Waals surface area (Å²) in [6.45, 7) is 3.65. The number of halogens is 1. The zero-order chi connectivity index (χ0) is 22.7. The number of rotatable bonds is 6. The molecule has 1 fully saturated rings. The fourth-order valence-corrected chi connectivity index (χ4v) is 4.31. The van der Waals surface area contributed by atoms with Gasteiger partial charge in [0.05, 0.1) is 11.8 Å². The van der Waals surface area contributed by atoms with E-state index in [1.165, 1.54) is 23.3 Å². The molecule has 1 saturated carbocycles. The van der Waals surface area contributed by atoms with Gasteiger partial charge in [-0.2, -0.15) is 0 Å². The second-order valence-corrected chi connectivity index (χ2v) is 8.35. The molecule has 1 heterocycles. The molecule has 5 nitrogen and oxygen atoms in total. The smallest absolute Gasteiger partial charge is 0.262 e. The molecular formula is C26H27FN2O3. The van der Waals surface area contributed by atoms with Gasteiger partial charge in [0, 0.05) is 11.7 Å². The molecule has 0 spiro atoms. The van der Waals surface area contributed by atoms with Crippen molar-refractivity contribution < 1.29 is 18.4 Å². The van der Waals surface area contributed by atoms with Gasteiger partial charge in [-0.15, -0.1) is 0 Å². The zero-order valence-electron chi connectivity index (χ0n) is 18.3. The summed E-state index contributed by atoms with van der Waals surface area (Å²) in [7, 11) is 0. The van der Waals surface area contributed by atoms with Gasteiger partial charge in [0.1, 0.15) is 17.6 Å². The van der Waals surface area contributed by atoms with Crippen LogP contribution in [0.15, 0.2) is 65.3 Å². The quantitative estimate of drug-likeness (QED) is 0.559. The monoisotopic (exact) mass is 434 g/mol. The number of nitrogens with zero attached hydrogens (tertiary/aromatic N) is 1. The normalized spacial score (nSPS) is 14.8. The van der Waals surface area contributed by atoms with E-state index in [1.807, 2.05) is 25.1 Å². The van der Waals surface area contributed by atoms with Crippen LogP contribution in [-0.2, 0) is 4.79 Å². The van der Waals surface area contributed by atoms with Crippen LogP contribution in [0.25, 0.3) is 0 Å². The third-order valence-corrected chi connectivity index (χ3v) is 5.98. The van der Waals surface area contributed by atoms with Crippen LogP contribution in [0.5, 0.6) is 0 Å². The number of hydrogen-bond donors (Lipinski definition) is 1. The van der Waals surface area contributed by atoms with E-state index in [2.05, 4.69) is 5.32 Å². The van der Waals surface area contributed by atoms with Crippen LogP contribution >= 0.6 is 0 Å². The number of carbonyl (C=O) groups is 2. The summed E-state index contributed by atoms with van der Waals surface area (Å²) >= 11 is 0. The SMILES string of the molecule is Cc1cccc(N(C(=O)c2ccoc2C)[C@@H](C(=O)NC2CCCC2)c2ccc(F)cc2)c1. The van der Waals surface area contributed by atoms with Crippen LogP contribution in [0.1, 0.15) is 59.0 Å². The lowest BCUT2D eigenvalue weighted by molar-refractivity contribution is -0.123. The highest BCUT2D eigenvalue weighted by Crippen LogP contribution is 2.32. The van der Waals surface area contributed by atoms with Crippen molar-refractivity contribution in [2.75, 3.05) is 4.90 Å². The van der Waals surface area contributed by atoms with E-state index in [0.29, 0.717) is 22.6 Å². The van der Waals surface area contributed by atoms with Gasteiger partial charge in [0.25, 0.3) is 5.91 Å². The van der Waals surface area contributed by atoms with Crippen LogP contribution in [0.4, 0.5) is 10.1 Å². The second kappa shape index (κ2) is 9.39. The van der Waals surface area contributed by atoms with Crippen LogP contribution in [0, 0.1) is 19.7 Å². The molecule has 1 atom stereocenters. The van der Waals surface area contributed by atoms with Crippen LogP contribution < -0.4 is 10.2 Å². The average molecular weight is 435 g/mol. The molecule has 4 rings (SSSR count). The van der Waals surface area contributed by atoms with E-state index < -0.39 is 11.9 Å². The van der Waals surface area contributed by atoms with Gasteiger partial charge < -0.3 is 9.73 Å². The highest BCUT2D eigenvalue weighted by Gasteiger charge is 2.35. The number of nitrogens with one attached hydrogen (secondary N) is 1. The Labute approximate surface area is 187 Å². The zero-order valence-corrected chi connectivity index (χ0v) is 18.3. The molecule has 2 aromatic carbocycles. The number of amides is 2. The maximum absolute atomic E-state index is 13.8. The van der Waals surface area contributed by atoms with Crippen molar-refractivity contribution in [3.05, 3.63) is 89.1 Å². The Morgan fingerprint density at radius 1 is 1.06 bits per heavy atom. The largest absolute Gasteiger partial charge is 0.469 e. The third kappa shape index (κ3) is 4.59. The van der Waals surface area contributed by atoms with Crippen molar-refractivity contribution in [1.29, 1.82) is 0 Å².